The van der Waals surface area contributed by atoms with Gasteiger partial charge in [0, 0.05) is 13.1 Å². The summed E-state index contributed by atoms with van der Waals surface area (Å²) in [4.78, 5) is 22.4. The first-order valence-electron chi connectivity index (χ1n) is 6.49. The van der Waals surface area contributed by atoms with Gasteiger partial charge in [0.15, 0.2) is 6.61 Å². The van der Waals surface area contributed by atoms with Crippen LogP contribution in [-0.2, 0) is 19.6 Å². The average Bonchev–Trinajstić information content (AvgIpc) is 2.45. The van der Waals surface area contributed by atoms with Crippen LogP contribution in [-0.4, -0.2) is 44.3 Å². The van der Waals surface area contributed by atoms with E-state index in [9.17, 15) is 18.0 Å². The molecule has 9 heteroatoms. The van der Waals surface area contributed by atoms with E-state index in [2.05, 4.69) is 4.74 Å². The molecule has 0 saturated heterocycles. The first-order valence-corrected chi connectivity index (χ1v) is 8.31. The van der Waals surface area contributed by atoms with Crippen molar-refractivity contribution < 1.29 is 22.7 Å². The minimum absolute atomic E-state index is 0.0213. The van der Waals surface area contributed by atoms with Gasteiger partial charge in [-0.3, -0.25) is 4.79 Å². The maximum Gasteiger partial charge on any atom is 0.340 e. The van der Waals surface area contributed by atoms with Crippen LogP contribution < -0.4 is 5.73 Å². The zero-order chi connectivity index (χ0) is 16.9. The fourth-order valence-electron chi connectivity index (χ4n) is 1.75. The fourth-order valence-corrected chi connectivity index (χ4v) is 3.43. The van der Waals surface area contributed by atoms with E-state index in [1.165, 1.54) is 16.4 Å². The lowest BCUT2D eigenvalue weighted by molar-refractivity contribution is -0.121. The van der Waals surface area contributed by atoms with Crippen molar-refractivity contribution in [3.05, 3.63) is 28.8 Å². The summed E-state index contributed by atoms with van der Waals surface area (Å²) in [6.07, 6.45) is 0. The van der Waals surface area contributed by atoms with E-state index >= 15 is 0 Å². The lowest BCUT2D eigenvalue weighted by atomic mass is 10.2. The van der Waals surface area contributed by atoms with Crippen molar-refractivity contribution in [2.75, 3.05) is 19.7 Å². The molecule has 22 heavy (non-hydrogen) atoms. The van der Waals surface area contributed by atoms with Crippen LogP contribution >= 0.6 is 11.6 Å². The van der Waals surface area contributed by atoms with Crippen LogP contribution in [0.2, 0.25) is 5.02 Å². The Hall–Kier alpha value is -1.64. The van der Waals surface area contributed by atoms with Gasteiger partial charge in [-0.2, -0.15) is 4.31 Å². The normalized spacial score (nSPS) is 11.5. The van der Waals surface area contributed by atoms with Crippen LogP contribution in [0.1, 0.15) is 24.2 Å². The molecule has 0 unspecified atom stereocenters. The summed E-state index contributed by atoms with van der Waals surface area (Å²) in [5.74, 6) is -1.74. The zero-order valence-electron chi connectivity index (χ0n) is 12.2. The Kier molecular flexibility index (Phi) is 6.34. The summed E-state index contributed by atoms with van der Waals surface area (Å²) in [6, 6.07) is 3.72. The summed E-state index contributed by atoms with van der Waals surface area (Å²) in [7, 11) is -3.73. The Labute approximate surface area is 134 Å². The van der Waals surface area contributed by atoms with Crippen molar-refractivity contribution >= 4 is 33.5 Å². The molecule has 0 atom stereocenters. The predicted octanol–water partition coefficient (Wildman–Crippen LogP) is 1.01. The average molecular weight is 349 g/mol. The Morgan fingerprint density at radius 2 is 1.86 bits per heavy atom. The minimum atomic E-state index is -3.73. The molecule has 0 aromatic heterocycles. The standard InChI is InChI=1S/C13H17ClN2O5S/c1-3-16(4-2)22(19,20)9-5-6-11(14)10(7-9)13(18)21-8-12(15)17/h5-7H,3-4,8H2,1-2H3,(H2,15,17). The number of nitrogens with two attached hydrogens (primary N) is 1. The van der Waals surface area contributed by atoms with Crippen molar-refractivity contribution in [3.8, 4) is 0 Å². The maximum atomic E-state index is 12.4. The van der Waals surface area contributed by atoms with Gasteiger partial charge in [-0.1, -0.05) is 25.4 Å². The lowest BCUT2D eigenvalue weighted by Gasteiger charge is -2.18. The van der Waals surface area contributed by atoms with E-state index in [0.717, 1.165) is 6.07 Å². The van der Waals surface area contributed by atoms with Crippen molar-refractivity contribution in [2.45, 2.75) is 18.7 Å². The highest BCUT2D eigenvalue weighted by Gasteiger charge is 2.24. The van der Waals surface area contributed by atoms with Gasteiger partial charge in [-0.05, 0) is 18.2 Å². The highest BCUT2D eigenvalue weighted by molar-refractivity contribution is 7.89. The topological polar surface area (TPSA) is 107 Å². The van der Waals surface area contributed by atoms with Gasteiger partial charge in [0.2, 0.25) is 10.0 Å². The van der Waals surface area contributed by atoms with E-state index in [0.29, 0.717) is 13.1 Å². The molecule has 0 spiro atoms. The molecule has 0 aliphatic carbocycles. The van der Waals surface area contributed by atoms with Crippen LogP contribution in [0.25, 0.3) is 0 Å². The quantitative estimate of drug-likeness (QED) is 0.740. The van der Waals surface area contributed by atoms with Gasteiger partial charge in [-0.15, -0.1) is 0 Å². The van der Waals surface area contributed by atoms with Gasteiger partial charge >= 0.3 is 5.97 Å². The number of carbonyl (C=O) groups is 2. The number of amides is 1. The second-order valence-corrected chi connectivity index (χ2v) is 6.62. The first kappa shape index (κ1) is 18.4. The number of halogens is 1. The summed E-state index contributed by atoms with van der Waals surface area (Å²) in [5, 5.41) is 0.0213. The smallest absolute Gasteiger partial charge is 0.340 e. The van der Waals surface area contributed by atoms with Crippen molar-refractivity contribution in [2.24, 2.45) is 5.73 Å². The Balaban J connectivity index is 3.19. The molecule has 7 nitrogen and oxygen atoms in total. The van der Waals surface area contributed by atoms with Gasteiger partial charge in [0.05, 0.1) is 15.5 Å². The third-order valence-electron chi connectivity index (χ3n) is 2.85. The molecule has 0 radical (unpaired) electrons. The summed E-state index contributed by atoms with van der Waals surface area (Å²) in [6.45, 7) is 3.39. The lowest BCUT2D eigenvalue weighted by Crippen LogP contribution is -2.30. The van der Waals surface area contributed by atoms with E-state index < -0.39 is 28.5 Å². The number of benzene rings is 1. The molecule has 2 N–H and O–H groups in total. The van der Waals surface area contributed by atoms with Crippen LogP contribution in [0, 0.1) is 0 Å². The molecule has 1 aromatic carbocycles. The van der Waals surface area contributed by atoms with Crippen LogP contribution in [0.15, 0.2) is 23.1 Å². The second-order valence-electron chi connectivity index (χ2n) is 4.27. The Morgan fingerprint density at radius 3 is 2.36 bits per heavy atom. The zero-order valence-corrected chi connectivity index (χ0v) is 13.8. The molecule has 0 aliphatic rings. The predicted molar refractivity (Wildman–Crippen MR) is 81.0 cm³/mol. The van der Waals surface area contributed by atoms with Gasteiger partial charge in [0.25, 0.3) is 5.91 Å². The van der Waals surface area contributed by atoms with Gasteiger partial charge in [-0.25, -0.2) is 13.2 Å². The fraction of sp³-hybridized carbons (Fsp3) is 0.385. The largest absolute Gasteiger partial charge is 0.452 e. The Morgan fingerprint density at radius 1 is 1.27 bits per heavy atom. The molecule has 0 heterocycles. The van der Waals surface area contributed by atoms with E-state index in [4.69, 9.17) is 17.3 Å². The highest BCUT2D eigenvalue weighted by Crippen LogP contribution is 2.23. The van der Waals surface area contributed by atoms with Crippen molar-refractivity contribution in [1.29, 1.82) is 0 Å². The third-order valence-corrected chi connectivity index (χ3v) is 5.22. The van der Waals surface area contributed by atoms with Crippen molar-refractivity contribution in [1.82, 2.24) is 4.31 Å². The summed E-state index contributed by atoms with van der Waals surface area (Å²) < 4.78 is 30.7. The number of sulfonamides is 1. The molecule has 0 saturated carbocycles. The number of esters is 1. The number of rotatable bonds is 7. The van der Waals surface area contributed by atoms with Gasteiger partial charge in [0.1, 0.15) is 0 Å². The van der Waals surface area contributed by atoms with E-state index in [1.807, 2.05) is 0 Å². The molecule has 1 aromatic rings. The number of primary amides is 1. The van der Waals surface area contributed by atoms with Crippen molar-refractivity contribution in [3.63, 3.8) is 0 Å². The molecular weight excluding hydrogens is 332 g/mol. The molecular formula is C13H17ClN2O5S. The first-order chi connectivity index (χ1) is 10.2. The highest BCUT2D eigenvalue weighted by atomic mass is 35.5. The number of hydrogen-bond acceptors (Lipinski definition) is 5. The number of nitrogens with zero attached hydrogens (tertiary/aromatic N) is 1. The summed E-state index contributed by atoms with van der Waals surface area (Å²) in [5.41, 5.74) is 4.74. The van der Waals surface area contributed by atoms with Gasteiger partial charge < -0.3 is 10.5 Å². The number of hydrogen-bond donors (Lipinski definition) is 1. The minimum Gasteiger partial charge on any atom is -0.452 e. The number of carbonyl (C=O) groups excluding carboxylic acids is 2. The van der Waals surface area contributed by atoms with Crippen LogP contribution in [0.5, 0.6) is 0 Å². The SMILES string of the molecule is CCN(CC)S(=O)(=O)c1ccc(Cl)c(C(=O)OCC(N)=O)c1. The van der Waals surface area contributed by atoms with Crippen LogP contribution in [0.4, 0.5) is 0 Å². The molecule has 0 aliphatic heterocycles. The Bertz CT molecular complexity index is 671. The molecule has 1 amide bonds. The van der Waals surface area contributed by atoms with E-state index in [1.54, 1.807) is 13.8 Å². The molecule has 0 bridgehead atoms. The second kappa shape index (κ2) is 7.57. The van der Waals surface area contributed by atoms with E-state index in [-0.39, 0.29) is 15.5 Å². The molecule has 0 fully saturated rings. The molecule has 122 valence electrons. The third kappa shape index (κ3) is 4.19. The monoisotopic (exact) mass is 348 g/mol. The van der Waals surface area contributed by atoms with Crippen LogP contribution in [0.3, 0.4) is 0 Å². The summed E-state index contributed by atoms with van der Waals surface area (Å²) >= 11 is 5.88. The number of ether oxygens (including phenoxy) is 1. The molecule has 1 rings (SSSR count). The maximum absolute atomic E-state index is 12.4.